The average Bonchev–Trinajstić information content (AvgIpc) is 2.74. The van der Waals surface area contributed by atoms with Crippen molar-refractivity contribution >= 4 is 27.2 Å². The Labute approximate surface area is 188 Å². The van der Waals surface area contributed by atoms with Crippen LogP contribution in [0.25, 0.3) is 0 Å². The molecule has 2 aromatic rings. The van der Waals surface area contributed by atoms with E-state index in [9.17, 15) is 22.8 Å². The van der Waals surface area contributed by atoms with Crippen molar-refractivity contribution in [2.45, 2.75) is 64.3 Å². The standard InChI is InChI=1S/C22H32N4O5S/c1-4-6-13-25(19-20(23)26(14-7-5-2)22(29)24-21(19)28)18(27)12-15-32(30,31)17-10-8-16(3)9-11-17/h8-11H,4-7,12-15,23H2,1-3H3,(H,24,28,29). The molecule has 2 rings (SSSR count). The highest BCUT2D eigenvalue weighted by atomic mass is 32.2. The van der Waals surface area contributed by atoms with Crippen LogP contribution in [0.1, 0.15) is 51.5 Å². The van der Waals surface area contributed by atoms with E-state index in [1.54, 1.807) is 12.1 Å². The molecule has 0 spiro atoms. The van der Waals surface area contributed by atoms with Crippen molar-refractivity contribution in [2.75, 3.05) is 22.9 Å². The SMILES string of the molecule is CCCCN(C(=O)CCS(=O)(=O)c1ccc(C)cc1)c1c(N)n(CCCC)c(=O)[nH]c1=O. The number of nitrogen functional groups attached to an aromatic ring is 1. The molecule has 0 atom stereocenters. The monoisotopic (exact) mass is 464 g/mol. The normalized spacial score (nSPS) is 11.5. The lowest BCUT2D eigenvalue weighted by atomic mass is 10.2. The zero-order valence-electron chi connectivity index (χ0n) is 18.9. The first kappa shape index (κ1) is 25.4. The Morgan fingerprint density at radius 2 is 1.72 bits per heavy atom. The first-order valence-electron chi connectivity index (χ1n) is 10.8. The Kier molecular flexibility index (Phi) is 8.82. The molecule has 176 valence electrons. The van der Waals surface area contributed by atoms with Crippen molar-refractivity contribution in [3.05, 3.63) is 50.7 Å². The predicted octanol–water partition coefficient (Wildman–Crippen LogP) is 2.22. The fourth-order valence-corrected chi connectivity index (χ4v) is 4.50. The summed E-state index contributed by atoms with van der Waals surface area (Å²) in [6.45, 7) is 6.24. The first-order valence-corrected chi connectivity index (χ1v) is 12.5. The van der Waals surface area contributed by atoms with Crippen LogP contribution in [0.15, 0.2) is 38.8 Å². The maximum Gasteiger partial charge on any atom is 0.330 e. The summed E-state index contributed by atoms with van der Waals surface area (Å²) in [5, 5.41) is 0. The van der Waals surface area contributed by atoms with Gasteiger partial charge >= 0.3 is 5.69 Å². The lowest BCUT2D eigenvalue weighted by molar-refractivity contribution is -0.118. The van der Waals surface area contributed by atoms with Crippen molar-refractivity contribution in [1.82, 2.24) is 9.55 Å². The van der Waals surface area contributed by atoms with E-state index in [1.807, 2.05) is 20.8 Å². The van der Waals surface area contributed by atoms with Gasteiger partial charge in [-0.2, -0.15) is 0 Å². The number of anilines is 2. The van der Waals surface area contributed by atoms with Gasteiger partial charge in [-0.25, -0.2) is 13.2 Å². The molecule has 0 radical (unpaired) electrons. The zero-order valence-corrected chi connectivity index (χ0v) is 19.7. The van der Waals surface area contributed by atoms with Gasteiger partial charge in [0.1, 0.15) is 5.82 Å². The van der Waals surface area contributed by atoms with Gasteiger partial charge < -0.3 is 10.6 Å². The molecular formula is C22H32N4O5S. The first-order chi connectivity index (χ1) is 15.1. The van der Waals surface area contributed by atoms with Gasteiger partial charge in [-0.05, 0) is 31.9 Å². The van der Waals surface area contributed by atoms with E-state index in [1.165, 1.54) is 21.6 Å². The number of nitrogens with two attached hydrogens (primary N) is 1. The van der Waals surface area contributed by atoms with Gasteiger partial charge in [-0.15, -0.1) is 0 Å². The van der Waals surface area contributed by atoms with Crippen LogP contribution in [0.3, 0.4) is 0 Å². The third-order valence-corrected chi connectivity index (χ3v) is 6.95. The van der Waals surface area contributed by atoms with Crippen molar-refractivity contribution in [1.29, 1.82) is 0 Å². The quantitative estimate of drug-likeness (QED) is 0.523. The molecule has 0 saturated heterocycles. The number of benzene rings is 1. The number of carbonyl (C=O) groups excluding carboxylic acids is 1. The van der Waals surface area contributed by atoms with E-state index in [0.717, 1.165) is 18.4 Å². The number of amides is 1. The van der Waals surface area contributed by atoms with Gasteiger partial charge in [0.25, 0.3) is 5.56 Å². The van der Waals surface area contributed by atoms with Crippen LogP contribution < -0.4 is 21.9 Å². The zero-order chi connectivity index (χ0) is 23.9. The summed E-state index contributed by atoms with van der Waals surface area (Å²) in [6, 6.07) is 6.41. The molecule has 0 aliphatic rings. The maximum absolute atomic E-state index is 13.1. The number of H-pyrrole nitrogens is 1. The molecule has 32 heavy (non-hydrogen) atoms. The van der Waals surface area contributed by atoms with E-state index < -0.39 is 32.7 Å². The minimum atomic E-state index is -3.68. The minimum absolute atomic E-state index is 0.0851. The molecule has 0 unspecified atom stereocenters. The second-order valence-electron chi connectivity index (χ2n) is 7.78. The highest BCUT2D eigenvalue weighted by molar-refractivity contribution is 7.91. The van der Waals surface area contributed by atoms with Gasteiger partial charge in [-0.1, -0.05) is 44.4 Å². The molecule has 0 bridgehead atoms. The number of aromatic amines is 1. The summed E-state index contributed by atoms with van der Waals surface area (Å²) in [5.41, 5.74) is 5.59. The van der Waals surface area contributed by atoms with Gasteiger partial charge in [0, 0.05) is 19.5 Å². The molecule has 0 aliphatic carbocycles. The van der Waals surface area contributed by atoms with Crippen LogP contribution in [0.5, 0.6) is 0 Å². The lowest BCUT2D eigenvalue weighted by Gasteiger charge is -2.24. The lowest BCUT2D eigenvalue weighted by Crippen LogP contribution is -2.42. The van der Waals surface area contributed by atoms with Crippen LogP contribution >= 0.6 is 0 Å². The van der Waals surface area contributed by atoms with E-state index in [-0.39, 0.29) is 29.4 Å². The Bertz CT molecular complexity index is 1150. The van der Waals surface area contributed by atoms with E-state index in [2.05, 4.69) is 4.98 Å². The highest BCUT2D eigenvalue weighted by Crippen LogP contribution is 2.20. The van der Waals surface area contributed by atoms with Gasteiger partial charge in [-0.3, -0.25) is 19.1 Å². The molecular weight excluding hydrogens is 432 g/mol. The summed E-state index contributed by atoms with van der Waals surface area (Å²) in [5.74, 6) is -1.02. The largest absolute Gasteiger partial charge is 0.383 e. The van der Waals surface area contributed by atoms with E-state index in [4.69, 9.17) is 5.73 Å². The number of aromatic nitrogens is 2. The molecule has 10 heteroatoms. The van der Waals surface area contributed by atoms with Crippen molar-refractivity contribution < 1.29 is 13.2 Å². The molecule has 1 aromatic carbocycles. The smallest absolute Gasteiger partial charge is 0.330 e. The third kappa shape index (κ3) is 6.09. The number of nitrogens with one attached hydrogen (secondary N) is 1. The Hall–Kier alpha value is -2.88. The summed E-state index contributed by atoms with van der Waals surface area (Å²) in [6.07, 6.45) is 2.51. The molecule has 1 amide bonds. The number of nitrogens with zero attached hydrogens (tertiary/aromatic N) is 2. The summed E-state index contributed by atoms with van der Waals surface area (Å²) in [4.78, 5) is 41.4. The van der Waals surface area contributed by atoms with Crippen LogP contribution in [-0.2, 0) is 21.2 Å². The van der Waals surface area contributed by atoms with E-state index in [0.29, 0.717) is 19.4 Å². The van der Waals surface area contributed by atoms with Gasteiger partial charge in [0.15, 0.2) is 15.5 Å². The number of carbonyl (C=O) groups is 1. The summed E-state index contributed by atoms with van der Waals surface area (Å²) >= 11 is 0. The van der Waals surface area contributed by atoms with Gasteiger partial charge in [0.2, 0.25) is 5.91 Å². The molecule has 1 heterocycles. The Morgan fingerprint density at radius 1 is 1.09 bits per heavy atom. The van der Waals surface area contributed by atoms with Crippen LogP contribution in [0.2, 0.25) is 0 Å². The number of sulfone groups is 1. The number of aryl methyl sites for hydroxylation is 1. The summed E-state index contributed by atoms with van der Waals surface area (Å²) in [7, 11) is -3.68. The van der Waals surface area contributed by atoms with Crippen LogP contribution in [0, 0.1) is 6.92 Å². The molecule has 1 aromatic heterocycles. The minimum Gasteiger partial charge on any atom is -0.383 e. The van der Waals surface area contributed by atoms with Crippen LogP contribution in [0.4, 0.5) is 11.5 Å². The maximum atomic E-state index is 13.1. The van der Waals surface area contributed by atoms with Crippen LogP contribution in [-0.4, -0.2) is 36.2 Å². The third-order valence-electron chi connectivity index (χ3n) is 5.22. The number of unbranched alkanes of at least 4 members (excludes halogenated alkanes) is 2. The second-order valence-corrected chi connectivity index (χ2v) is 9.89. The van der Waals surface area contributed by atoms with Crippen molar-refractivity contribution in [3.8, 4) is 0 Å². The van der Waals surface area contributed by atoms with Crippen molar-refractivity contribution in [3.63, 3.8) is 0 Å². The van der Waals surface area contributed by atoms with Crippen molar-refractivity contribution in [2.24, 2.45) is 0 Å². The highest BCUT2D eigenvalue weighted by Gasteiger charge is 2.25. The molecule has 0 aliphatic heterocycles. The topological polar surface area (TPSA) is 135 Å². The molecule has 0 fully saturated rings. The fraction of sp³-hybridized carbons (Fsp3) is 0.500. The number of hydrogen-bond acceptors (Lipinski definition) is 6. The summed E-state index contributed by atoms with van der Waals surface area (Å²) < 4.78 is 26.6. The number of hydrogen-bond donors (Lipinski definition) is 2. The van der Waals surface area contributed by atoms with E-state index >= 15 is 0 Å². The molecule has 3 N–H and O–H groups in total. The Morgan fingerprint density at radius 3 is 2.31 bits per heavy atom. The number of rotatable bonds is 11. The molecule has 0 saturated carbocycles. The fourth-order valence-electron chi connectivity index (χ4n) is 3.27. The Balaban J connectivity index is 2.35. The van der Waals surface area contributed by atoms with Gasteiger partial charge in [0.05, 0.1) is 10.6 Å². The second kappa shape index (κ2) is 11.1. The average molecular weight is 465 g/mol. The predicted molar refractivity (Wildman–Crippen MR) is 126 cm³/mol. The molecule has 9 nitrogen and oxygen atoms in total.